The molecule has 0 unspecified atom stereocenters. The smallest absolute Gasteiger partial charge is 0.513 e. The van der Waals surface area contributed by atoms with Crippen LogP contribution in [0.2, 0.25) is 0 Å². The molecule has 1 aliphatic heterocycles. The van der Waals surface area contributed by atoms with Crippen LogP contribution >= 0.6 is 0 Å². The maximum absolute atomic E-state index is 12.3. The molecule has 1 aliphatic rings. The number of phenols is 1. The second-order valence-electron chi connectivity index (χ2n) is 22.1. The van der Waals surface area contributed by atoms with Crippen LogP contribution in [0.4, 0.5) is 17.1 Å². The maximum atomic E-state index is 12.3. The van der Waals surface area contributed by atoms with Gasteiger partial charge in [0.1, 0.15) is 11.3 Å². The molecular weight excluding hydrogens is 976 g/mol. The van der Waals surface area contributed by atoms with E-state index in [2.05, 4.69) is 240 Å². The first-order chi connectivity index (χ1) is 30.0. The number of nitrogens with zero attached hydrogens (tertiary/aromatic N) is 4. The summed E-state index contributed by atoms with van der Waals surface area (Å²) in [6, 6.07) is 45.1. The number of aromatic hydroxyl groups is 1. The molecule has 5 nitrogen and oxygen atoms in total. The summed E-state index contributed by atoms with van der Waals surface area (Å²) in [5.41, 5.74) is 15.0. The standard InChI is InChI=1S/C59H67N4O.Pt/c1-37(2)43-24-21-25-44(38(3)4)53(43)39-30-31-48-45(33-39)54(40-22-20-23-41(32-40)56(5,6)7)60-63(48)51-29-19-18-28-50(51)62-36-61(49-27-17-16-26-46(49)59(62,14)15)52-35-42(57(8,9)10)34-47(55(52)64)58(11,12)13;/h16-21,23-35,37-38,64H,1-15H3;/q-1;+2. The second kappa shape index (κ2) is 17.2. The van der Waals surface area contributed by atoms with Crippen molar-refractivity contribution in [1.82, 2.24) is 9.78 Å². The quantitative estimate of drug-likeness (QED) is 0.128. The number of benzene rings is 6. The molecule has 6 aromatic carbocycles. The molecule has 7 aromatic rings. The van der Waals surface area contributed by atoms with E-state index in [1.807, 2.05) is 6.07 Å². The Morgan fingerprint density at radius 3 is 1.88 bits per heavy atom. The number of para-hydroxylation sites is 3. The van der Waals surface area contributed by atoms with E-state index in [1.54, 1.807) is 0 Å². The zero-order chi connectivity index (χ0) is 46.3. The van der Waals surface area contributed by atoms with Crippen LogP contribution in [0.25, 0.3) is 39.0 Å². The first kappa shape index (κ1) is 47.7. The topological polar surface area (TPSA) is 44.3 Å². The van der Waals surface area contributed by atoms with E-state index >= 15 is 0 Å². The molecule has 0 fully saturated rings. The van der Waals surface area contributed by atoms with Gasteiger partial charge in [0.15, 0.2) is 0 Å². The molecule has 1 N–H and O–H groups in total. The van der Waals surface area contributed by atoms with Gasteiger partial charge >= 0.3 is 21.1 Å². The normalized spacial score (nSPS) is 14.2. The maximum Gasteiger partial charge on any atom is 2.00 e. The zero-order valence-electron chi connectivity index (χ0n) is 41.2. The molecule has 0 saturated carbocycles. The molecule has 2 heterocycles. The van der Waals surface area contributed by atoms with Gasteiger partial charge in [-0.15, -0.1) is 35.4 Å². The predicted molar refractivity (Wildman–Crippen MR) is 270 cm³/mol. The molecule has 0 atom stereocenters. The van der Waals surface area contributed by atoms with E-state index in [-0.39, 0.29) is 43.1 Å². The van der Waals surface area contributed by atoms with Crippen LogP contribution < -0.4 is 4.90 Å². The largest absolute Gasteiger partial charge is 2.00 e. The summed E-state index contributed by atoms with van der Waals surface area (Å²) >= 11 is 0. The molecular formula is C59H67N4OPt+. The van der Waals surface area contributed by atoms with Gasteiger partial charge in [-0.25, -0.2) is 9.78 Å². The van der Waals surface area contributed by atoms with Crippen molar-refractivity contribution in [2.75, 3.05) is 4.90 Å². The van der Waals surface area contributed by atoms with Crippen molar-refractivity contribution in [3.8, 4) is 33.8 Å². The van der Waals surface area contributed by atoms with Gasteiger partial charge in [-0.1, -0.05) is 175 Å². The summed E-state index contributed by atoms with van der Waals surface area (Å²) in [7, 11) is 0. The fraction of sp³-hybridized carbons (Fsp3) is 0.356. The minimum Gasteiger partial charge on any atom is -0.513 e. The summed E-state index contributed by atoms with van der Waals surface area (Å²) in [6.07, 6.45) is 3.88. The monoisotopic (exact) mass is 1040 g/mol. The van der Waals surface area contributed by atoms with Gasteiger partial charge in [0.25, 0.3) is 0 Å². The molecule has 0 bridgehead atoms. The molecule has 8 rings (SSSR count). The van der Waals surface area contributed by atoms with Crippen molar-refractivity contribution in [3.05, 3.63) is 155 Å². The molecule has 0 spiro atoms. The molecule has 0 saturated heterocycles. The van der Waals surface area contributed by atoms with Crippen LogP contribution in [0, 0.1) is 6.07 Å². The van der Waals surface area contributed by atoms with Crippen molar-refractivity contribution in [2.45, 2.75) is 137 Å². The van der Waals surface area contributed by atoms with E-state index in [0.29, 0.717) is 17.5 Å². The third kappa shape index (κ3) is 8.67. The number of hydrogen-bond donors (Lipinski definition) is 1. The van der Waals surface area contributed by atoms with E-state index in [4.69, 9.17) is 5.10 Å². The zero-order valence-corrected chi connectivity index (χ0v) is 43.4. The van der Waals surface area contributed by atoms with Gasteiger partial charge in [0.2, 0.25) is 6.34 Å². The van der Waals surface area contributed by atoms with Gasteiger partial charge < -0.3 is 10.0 Å². The van der Waals surface area contributed by atoms with E-state index in [9.17, 15) is 5.11 Å². The molecule has 6 heteroatoms. The Labute approximate surface area is 403 Å². The SMILES string of the molecule is CC(C)c1cccc(C(C)C)c1-c1ccc2c(c1)c(-c1[c-]ccc(C(C)(C)C)c1)nn2-c1ccccc1[N+]1=[C-]N(c2cc(C(C)(C)C)cc(C(C)(C)C)c2O)c2ccccc2C1(C)C.[Pt+2]. The average molecular weight is 1040 g/mol. The van der Waals surface area contributed by atoms with Gasteiger partial charge in [-0.3, -0.25) is 4.58 Å². The van der Waals surface area contributed by atoms with E-state index in [0.717, 1.165) is 55.9 Å². The fourth-order valence-electron chi connectivity index (χ4n) is 9.36. The summed E-state index contributed by atoms with van der Waals surface area (Å²) < 4.78 is 4.36. The number of aromatic nitrogens is 2. The van der Waals surface area contributed by atoms with Gasteiger partial charge in [-0.05, 0) is 92.8 Å². The van der Waals surface area contributed by atoms with Crippen molar-refractivity contribution in [3.63, 3.8) is 0 Å². The van der Waals surface area contributed by atoms with Crippen LogP contribution in [-0.4, -0.2) is 25.8 Å². The Hall–Kier alpha value is -5.25. The number of hydrogen-bond acceptors (Lipinski definition) is 3. The van der Waals surface area contributed by atoms with Gasteiger partial charge in [0, 0.05) is 11.3 Å². The summed E-state index contributed by atoms with van der Waals surface area (Å²) in [5, 5.41) is 19.0. The summed E-state index contributed by atoms with van der Waals surface area (Å²) in [6.45, 7) is 33.6. The average Bonchev–Trinajstić information content (AvgIpc) is 3.61. The van der Waals surface area contributed by atoms with Crippen molar-refractivity contribution < 1.29 is 30.7 Å². The molecule has 0 radical (unpaired) electrons. The fourth-order valence-corrected chi connectivity index (χ4v) is 9.36. The van der Waals surface area contributed by atoms with Crippen molar-refractivity contribution >= 4 is 34.3 Å². The van der Waals surface area contributed by atoms with Crippen LogP contribution in [0.3, 0.4) is 0 Å². The Kier molecular flexibility index (Phi) is 12.6. The first-order valence-electron chi connectivity index (χ1n) is 23.1. The predicted octanol–water partition coefficient (Wildman–Crippen LogP) is 15.6. The first-order valence-corrected chi connectivity index (χ1v) is 23.1. The minimum atomic E-state index is -0.547. The van der Waals surface area contributed by atoms with E-state index < -0.39 is 5.54 Å². The van der Waals surface area contributed by atoms with Crippen LogP contribution in [0.15, 0.2) is 115 Å². The Bertz CT molecular complexity index is 2920. The van der Waals surface area contributed by atoms with Gasteiger partial charge in [0.05, 0.1) is 28.3 Å². The molecule has 0 amide bonds. The van der Waals surface area contributed by atoms with Crippen LogP contribution in [0.5, 0.6) is 5.75 Å². The molecule has 338 valence electrons. The third-order valence-electron chi connectivity index (χ3n) is 13.2. The molecule has 1 aromatic heterocycles. The van der Waals surface area contributed by atoms with Crippen LogP contribution in [-0.2, 0) is 42.8 Å². The summed E-state index contributed by atoms with van der Waals surface area (Å²) in [4.78, 5) is 2.07. The Morgan fingerprint density at radius 1 is 0.646 bits per heavy atom. The minimum absolute atomic E-state index is 0. The Morgan fingerprint density at radius 2 is 1.26 bits per heavy atom. The van der Waals surface area contributed by atoms with Crippen molar-refractivity contribution in [1.29, 1.82) is 0 Å². The van der Waals surface area contributed by atoms with E-state index in [1.165, 1.54) is 27.8 Å². The van der Waals surface area contributed by atoms with Crippen LogP contribution in [0.1, 0.15) is 149 Å². The number of rotatable bonds is 7. The number of fused-ring (bicyclic) bond motifs is 2. The number of phenolic OH excluding ortho intramolecular Hbond substituents is 1. The van der Waals surface area contributed by atoms with Gasteiger partial charge in [-0.2, -0.15) is 0 Å². The third-order valence-corrected chi connectivity index (χ3v) is 13.2. The Balaban J connectivity index is 0.00000630. The van der Waals surface area contributed by atoms with Crippen molar-refractivity contribution in [2.24, 2.45) is 0 Å². The number of anilines is 2. The second-order valence-corrected chi connectivity index (χ2v) is 22.1. The molecule has 0 aliphatic carbocycles. The molecule has 65 heavy (non-hydrogen) atoms. The summed E-state index contributed by atoms with van der Waals surface area (Å²) in [5.74, 6) is 0.985.